The summed E-state index contributed by atoms with van der Waals surface area (Å²) in [6.07, 6.45) is 0. The molecule has 0 aromatic heterocycles. The number of hydrogen-bond donors (Lipinski definition) is 4. The predicted molar refractivity (Wildman–Crippen MR) is 126 cm³/mol. The summed E-state index contributed by atoms with van der Waals surface area (Å²) in [6.45, 7) is 2.84. The van der Waals surface area contributed by atoms with E-state index in [1.807, 2.05) is 37.3 Å². The maximum absolute atomic E-state index is 12.4. The summed E-state index contributed by atoms with van der Waals surface area (Å²) < 4.78 is 0. The van der Waals surface area contributed by atoms with Crippen molar-refractivity contribution in [1.82, 2.24) is 10.6 Å². The van der Waals surface area contributed by atoms with Gasteiger partial charge < -0.3 is 21.3 Å². The zero-order valence-corrected chi connectivity index (χ0v) is 17.9. The molecule has 0 unspecified atom stereocenters. The Bertz CT molecular complexity index is 1080. The summed E-state index contributed by atoms with van der Waals surface area (Å²) in [4.78, 5) is 36.7. The highest BCUT2D eigenvalue weighted by atomic mass is 16.2. The van der Waals surface area contributed by atoms with E-state index in [2.05, 4.69) is 21.3 Å². The standard InChI is InChI=1S/C25H26N4O3/c1-2-26-24(31)19-10-6-12-21(14-19)27-17-23(30)29-22-13-7-11-20(15-22)25(32)28-16-18-8-4-3-5-9-18/h3-15,27H,2,16-17H2,1H3,(H,26,31)(H,28,32)(H,29,30). The van der Waals surface area contributed by atoms with Gasteiger partial charge in [-0.2, -0.15) is 0 Å². The molecule has 7 heteroatoms. The summed E-state index contributed by atoms with van der Waals surface area (Å²) in [6, 6.07) is 23.4. The van der Waals surface area contributed by atoms with Crippen LogP contribution in [0.3, 0.4) is 0 Å². The molecule has 4 N–H and O–H groups in total. The third kappa shape index (κ3) is 6.70. The van der Waals surface area contributed by atoms with Crippen LogP contribution in [0.1, 0.15) is 33.2 Å². The van der Waals surface area contributed by atoms with Gasteiger partial charge in [-0.3, -0.25) is 14.4 Å². The molecule has 0 aliphatic heterocycles. The van der Waals surface area contributed by atoms with Crippen LogP contribution in [0.25, 0.3) is 0 Å². The zero-order chi connectivity index (χ0) is 22.8. The van der Waals surface area contributed by atoms with Crippen molar-refractivity contribution in [2.75, 3.05) is 23.7 Å². The third-order valence-electron chi connectivity index (χ3n) is 4.62. The largest absolute Gasteiger partial charge is 0.376 e. The van der Waals surface area contributed by atoms with E-state index in [1.165, 1.54) is 0 Å². The Balaban J connectivity index is 1.53. The molecule has 7 nitrogen and oxygen atoms in total. The highest BCUT2D eigenvalue weighted by Crippen LogP contribution is 2.13. The first-order valence-electron chi connectivity index (χ1n) is 10.4. The Morgan fingerprint density at radius 2 is 1.34 bits per heavy atom. The third-order valence-corrected chi connectivity index (χ3v) is 4.62. The molecule has 0 fully saturated rings. The van der Waals surface area contributed by atoms with Crippen LogP contribution in [0.15, 0.2) is 78.9 Å². The number of amides is 3. The second-order valence-electron chi connectivity index (χ2n) is 7.09. The Morgan fingerprint density at radius 3 is 2.03 bits per heavy atom. The van der Waals surface area contributed by atoms with Crippen LogP contribution >= 0.6 is 0 Å². The first kappa shape index (κ1) is 22.6. The Morgan fingerprint density at radius 1 is 0.719 bits per heavy atom. The summed E-state index contributed by atoms with van der Waals surface area (Å²) in [5.74, 6) is -0.650. The summed E-state index contributed by atoms with van der Waals surface area (Å²) >= 11 is 0. The molecule has 0 saturated carbocycles. The van der Waals surface area contributed by atoms with Gasteiger partial charge in [0.1, 0.15) is 0 Å². The minimum Gasteiger partial charge on any atom is -0.376 e. The minimum atomic E-state index is -0.268. The van der Waals surface area contributed by atoms with Gasteiger partial charge in [0, 0.05) is 35.6 Å². The first-order valence-corrected chi connectivity index (χ1v) is 10.4. The number of hydrogen-bond acceptors (Lipinski definition) is 4. The Labute approximate surface area is 187 Å². The molecule has 0 radical (unpaired) electrons. The van der Waals surface area contributed by atoms with Gasteiger partial charge in [-0.1, -0.05) is 42.5 Å². The van der Waals surface area contributed by atoms with E-state index >= 15 is 0 Å². The molecule has 32 heavy (non-hydrogen) atoms. The van der Waals surface area contributed by atoms with Crippen molar-refractivity contribution in [3.63, 3.8) is 0 Å². The van der Waals surface area contributed by atoms with Crippen LogP contribution in [0.5, 0.6) is 0 Å². The fourth-order valence-corrected chi connectivity index (χ4v) is 3.04. The van der Waals surface area contributed by atoms with Crippen LogP contribution in [-0.4, -0.2) is 30.8 Å². The van der Waals surface area contributed by atoms with E-state index in [4.69, 9.17) is 0 Å². The number of rotatable bonds is 9. The number of anilines is 2. The van der Waals surface area contributed by atoms with Crippen molar-refractivity contribution in [3.05, 3.63) is 95.6 Å². The molecule has 0 aliphatic carbocycles. The van der Waals surface area contributed by atoms with Gasteiger partial charge in [0.05, 0.1) is 6.54 Å². The smallest absolute Gasteiger partial charge is 0.251 e. The lowest BCUT2D eigenvalue weighted by Crippen LogP contribution is -2.24. The average Bonchev–Trinajstić information content (AvgIpc) is 2.82. The monoisotopic (exact) mass is 430 g/mol. The predicted octanol–water partition coefficient (Wildman–Crippen LogP) is 3.42. The van der Waals surface area contributed by atoms with Crippen molar-refractivity contribution in [1.29, 1.82) is 0 Å². The van der Waals surface area contributed by atoms with Gasteiger partial charge in [-0.05, 0) is 48.9 Å². The van der Waals surface area contributed by atoms with Crippen molar-refractivity contribution in [2.24, 2.45) is 0 Å². The Kier molecular flexibility index (Phi) is 7.97. The molecule has 3 aromatic rings. The maximum Gasteiger partial charge on any atom is 0.251 e. The van der Waals surface area contributed by atoms with Crippen molar-refractivity contribution in [3.8, 4) is 0 Å². The molecule has 3 rings (SSSR count). The number of carbonyl (C=O) groups is 3. The fourth-order valence-electron chi connectivity index (χ4n) is 3.04. The van der Waals surface area contributed by atoms with Crippen LogP contribution < -0.4 is 21.3 Å². The quantitative estimate of drug-likeness (QED) is 0.418. The SMILES string of the molecule is CCNC(=O)c1cccc(NCC(=O)Nc2cccc(C(=O)NCc3ccccc3)c2)c1. The van der Waals surface area contributed by atoms with Crippen LogP contribution in [0.2, 0.25) is 0 Å². The van der Waals surface area contributed by atoms with Gasteiger partial charge >= 0.3 is 0 Å². The molecule has 0 saturated heterocycles. The van der Waals surface area contributed by atoms with Gasteiger partial charge in [0.25, 0.3) is 11.8 Å². The van der Waals surface area contributed by atoms with Crippen molar-refractivity contribution < 1.29 is 14.4 Å². The molecule has 3 aromatic carbocycles. The molecule has 164 valence electrons. The van der Waals surface area contributed by atoms with E-state index in [0.29, 0.717) is 35.6 Å². The van der Waals surface area contributed by atoms with Gasteiger partial charge in [-0.25, -0.2) is 0 Å². The molecule has 0 heterocycles. The second-order valence-corrected chi connectivity index (χ2v) is 7.09. The first-order chi connectivity index (χ1) is 15.5. The van der Waals surface area contributed by atoms with Gasteiger partial charge in [0.15, 0.2) is 0 Å². The number of carbonyl (C=O) groups excluding carboxylic acids is 3. The normalized spacial score (nSPS) is 10.2. The van der Waals surface area contributed by atoms with E-state index in [9.17, 15) is 14.4 Å². The summed E-state index contributed by atoms with van der Waals surface area (Å²) in [7, 11) is 0. The molecule has 0 aliphatic rings. The van der Waals surface area contributed by atoms with Gasteiger partial charge in [0.2, 0.25) is 5.91 Å². The molecule has 0 bridgehead atoms. The lowest BCUT2D eigenvalue weighted by atomic mass is 10.1. The highest BCUT2D eigenvalue weighted by molar-refractivity contribution is 5.98. The molecular weight excluding hydrogens is 404 g/mol. The molecule has 0 atom stereocenters. The van der Waals surface area contributed by atoms with Crippen LogP contribution in [-0.2, 0) is 11.3 Å². The highest BCUT2D eigenvalue weighted by Gasteiger charge is 2.09. The molecular formula is C25H26N4O3. The zero-order valence-electron chi connectivity index (χ0n) is 17.9. The second kappa shape index (κ2) is 11.3. The Hall–Kier alpha value is -4.13. The van der Waals surface area contributed by atoms with Gasteiger partial charge in [-0.15, -0.1) is 0 Å². The summed E-state index contributed by atoms with van der Waals surface area (Å²) in [5.41, 5.74) is 3.18. The van der Waals surface area contributed by atoms with E-state index in [0.717, 1.165) is 5.56 Å². The lowest BCUT2D eigenvalue weighted by molar-refractivity contribution is -0.114. The van der Waals surface area contributed by atoms with E-state index in [-0.39, 0.29) is 24.3 Å². The number of benzene rings is 3. The van der Waals surface area contributed by atoms with E-state index < -0.39 is 0 Å². The minimum absolute atomic E-state index is 0.0171. The van der Waals surface area contributed by atoms with Crippen LogP contribution in [0.4, 0.5) is 11.4 Å². The maximum atomic E-state index is 12.4. The van der Waals surface area contributed by atoms with E-state index in [1.54, 1.807) is 48.5 Å². The molecule has 0 spiro atoms. The lowest BCUT2D eigenvalue weighted by Gasteiger charge is -2.10. The van der Waals surface area contributed by atoms with Crippen molar-refractivity contribution in [2.45, 2.75) is 13.5 Å². The summed E-state index contributed by atoms with van der Waals surface area (Å²) in [5, 5.41) is 11.4. The topological polar surface area (TPSA) is 99.3 Å². The van der Waals surface area contributed by atoms with Crippen molar-refractivity contribution >= 4 is 29.1 Å². The average molecular weight is 431 g/mol. The molecule has 3 amide bonds. The number of nitrogens with one attached hydrogen (secondary N) is 4. The van der Waals surface area contributed by atoms with Crippen LogP contribution in [0, 0.1) is 0 Å². The fraction of sp³-hybridized carbons (Fsp3) is 0.160.